The number of carbonyl (C=O) groups is 1. The highest BCUT2D eigenvalue weighted by Crippen LogP contribution is 1.92. The Morgan fingerprint density at radius 1 is 1.29 bits per heavy atom. The van der Waals surface area contributed by atoms with Crippen LogP contribution in [0.5, 0.6) is 0 Å². The molecule has 0 saturated heterocycles. The zero-order chi connectivity index (χ0) is 12.0. The molecular weight excluding hydrogens is 174 g/mol. The molecule has 2 heteroatoms. The number of rotatable bonds is 3. The Morgan fingerprint density at radius 3 is 1.71 bits per heavy atom. The van der Waals surface area contributed by atoms with Gasteiger partial charge in [-0.25, -0.2) is 0 Å². The fourth-order valence-electron chi connectivity index (χ4n) is 0.378. The van der Waals surface area contributed by atoms with E-state index in [0.717, 1.165) is 0 Å². The second-order valence-electron chi connectivity index (χ2n) is 2.13. The van der Waals surface area contributed by atoms with Crippen molar-refractivity contribution in [3.63, 3.8) is 0 Å². The molecule has 0 bridgehead atoms. The first-order valence-corrected chi connectivity index (χ1v) is 4.88. The summed E-state index contributed by atoms with van der Waals surface area (Å²) in [4.78, 5) is 10.4. The van der Waals surface area contributed by atoms with Crippen LogP contribution in [0.4, 0.5) is 0 Å². The summed E-state index contributed by atoms with van der Waals surface area (Å²) in [6.07, 6.45) is 5.64. The smallest absolute Gasteiger partial charge is 0.248 e. The van der Waals surface area contributed by atoms with Gasteiger partial charge in [0.15, 0.2) is 0 Å². The van der Waals surface area contributed by atoms with E-state index < -0.39 is 5.91 Å². The van der Waals surface area contributed by atoms with Crippen LogP contribution >= 0.6 is 0 Å². The summed E-state index contributed by atoms with van der Waals surface area (Å²) in [5.74, 6) is -0.482. The minimum atomic E-state index is -0.482. The van der Waals surface area contributed by atoms with E-state index in [1.54, 1.807) is 0 Å². The maximum Gasteiger partial charge on any atom is 0.248 e. The standard InChI is InChI=1S/C7H9NO.C3H8.C2H6/c1-3-5-6(4-2)7(8)9;1-3-2;1-2/h3-5H,1-2H2,(H2,8,9);3H2,1-2H3;1-2H3/b6-5+;;. The van der Waals surface area contributed by atoms with E-state index in [-0.39, 0.29) is 0 Å². The van der Waals surface area contributed by atoms with Gasteiger partial charge >= 0.3 is 0 Å². The SMILES string of the molecule is C=C/C=C(\C=C)C(N)=O.CC.CCC. The fourth-order valence-corrected chi connectivity index (χ4v) is 0.378. The third-order valence-corrected chi connectivity index (χ3v) is 0.802. The summed E-state index contributed by atoms with van der Waals surface area (Å²) in [5, 5.41) is 0. The van der Waals surface area contributed by atoms with E-state index in [1.807, 2.05) is 13.8 Å². The quantitative estimate of drug-likeness (QED) is 0.548. The van der Waals surface area contributed by atoms with Crippen molar-refractivity contribution >= 4 is 5.91 Å². The molecule has 0 aliphatic rings. The molecule has 0 radical (unpaired) electrons. The van der Waals surface area contributed by atoms with Gasteiger partial charge in [0.2, 0.25) is 5.91 Å². The highest BCUT2D eigenvalue weighted by Gasteiger charge is 1.94. The third kappa shape index (κ3) is 17.0. The summed E-state index contributed by atoms with van der Waals surface area (Å²) in [7, 11) is 0. The summed E-state index contributed by atoms with van der Waals surface area (Å²) < 4.78 is 0. The van der Waals surface area contributed by atoms with Crippen molar-refractivity contribution in [2.24, 2.45) is 5.73 Å². The molecule has 0 atom stereocenters. The summed E-state index contributed by atoms with van der Waals surface area (Å²) in [5.41, 5.74) is 5.29. The van der Waals surface area contributed by atoms with Gasteiger partial charge in [-0.3, -0.25) is 4.79 Å². The molecular formula is C12H23NO. The van der Waals surface area contributed by atoms with Gasteiger partial charge < -0.3 is 5.73 Å². The Labute approximate surface area is 88.2 Å². The monoisotopic (exact) mass is 197 g/mol. The van der Waals surface area contributed by atoms with Crippen LogP contribution in [0.25, 0.3) is 0 Å². The van der Waals surface area contributed by atoms with E-state index in [1.165, 1.54) is 24.6 Å². The van der Waals surface area contributed by atoms with E-state index in [9.17, 15) is 4.79 Å². The highest BCUT2D eigenvalue weighted by molar-refractivity contribution is 5.94. The van der Waals surface area contributed by atoms with Crippen molar-refractivity contribution in [1.29, 1.82) is 0 Å². The predicted molar refractivity (Wildman–Crippen MR) is 65.0 cm³/mol. The van der Waals surface area contributed by atoms with Crippen molar-refractivity contribution < 1.29 is 4.79 Å². The maximum absolute atomic E-state index is 10.4. The van der Waals surface area contributed by atoms with Crippen molar-refractivity contribution in [2.45, 2.75) is 34.1 Å². The third-order valence-electron chi connectivity index (χ3n) is 0.802. The predicted octanol–water partition coefficient (Wildman–Crippen LogP) is 3.21. The Morgan fingerprint density at radius 2 is 1.64 bits per heavy atom. The molecule has 0 aromatic heterocycles. The minimum absolute atomic E-state index is 0.380. The van der Waals surface area contributed by atoms with Gasteiger partial charge in [0, 0.05) is 5.57 Å². The first-order chi connectivity index (χ1) is 6.63. The van der Waals surface area contributed by atoms with Crippen LogP contribution in [-0.4, -0.2) is 5.91 Å². The Balaban J connectivity index is -0.000000205. The molecule has 0 aromatic rings. The van der Waals surface area contributed by atoms with Crippen LogP contribution in [0.15, 0.2) is 37.0 Å². The number of carbonyl (C=O) groups excluding carboxylic acids is 1. The molecule has 0 saturated carbocycles. The van der Waals surface area contributed by atoms with Crippen molar-refractivity contribution in [3.8, 4) is 0 Å². The molecule has 0 spiro atoms. The average molecular weight is 197 g/mol. The molecule has 82 valence electrons. The zero-order valence-corrected chi connectivity index (χ0v) is 9.84. The first-order valence-electron chi connectivity index (χ1n) is 4.88. The van der Waals surface area contributed by atoms with Gasteiger partial charge in [-0.05, 0) is 0 Å². The molecule has 0 heterocycles. The second kappa shape index (κ2) is 17.7. The van der Waals surface area contributed by atoms with Gasteiger partial charge in [-0.15, -0.1) is 0 Å². The van der Waals surface area contributed by atoms with E-state index in [4.69, 9.17) is 5.73 Å². The molecule has 0 unspecified atom stereocenters. The van der Waals surface area contributed by atoms with E-state index >= 15 is 0 Å². The molecule has 2 nitrogen and oxygen atoms in total. The number of hydrogen-bond donors (Lipinski definition) is 1. The molecule has 14 heavy (non-hydrogen) atoms. The Hall–Kier alpha value is -1.31. The van der Waals surface area contributed by atoms with Gasteiger partial charge in [-0.2, -0.15) is 0 Å². The largest absolute Gasteiger partial charge is 0.366 e. The van der Waals surface area contributed by atoms with Gasteiger partial charge in [0.05, 0.1) is 0 Å². The number of nitrogens with two attached hydrogens (primary N) is 1. The first kappa shape index (κ1) is 18.5. The highest BCUT2D eigenvalue weighted by atomic mass is 16.1. The number of allylic oxidation sites excluding steroid dienone is 2. The van der Waals surface area contributed by atoms with Crippen LogP contribution in [0, 0.1) is 0 Å². The van der Waals surface area contributed by atoms with Crippen LogP contribution in [-0.2, 0) is 4.79 Å². The minimum Gasteiger partial charge on any atom is -0.366 e. The fraction of sp³-hybridized carbons (Fsp3) is 0.417. The molecule has 0 rings (SSSR count). The average Bonchev–Trinajstić information content (AvgIpc) is 2.18. The molecule has 0 aliphatic heterocycles. The van der Waals surface area contributed by atoms with E-state index in [2.05, 4.69) is 27.0 Å². The Bertz CT molecular complexity index is 181. The van der Waals surface area contributed by atoms with Crippen molar-refractivity contribution in [1.82, 2.24) is 0 Å². The normalized spacial score (nSPS) is 8.43. The van der Waals surface area contributed by atoms with Crippen LogP contribution < -0.4 is 5.73 Å². The summed E-state index contributed by atoms with van der Waals surface area (Å²) in [6, 6.07) is 0. The van der Waals surface area contributed by atoms with Crippen LogP contribution in [0.3, 0.4) is 0 Å². The van der Waals surface area contributed by atoms with Gasteiger partial charge in [0.25, 0.3) is 0 Å². The Kier molecular flexibility index (Phi) is 23.3. The van der Waals surface area contributed by atoms with Crippen LogP contribution in [0.1, 0.15) is 34.1 Å². The van der Waals surface area contributed by atoms with Gasteiger partial charge in [0.1, 0.15) is 0 Å². The lowest BCUT2D eigenvalue weighted by Crippen LogP contribution is -2.11. The topological polar surface area (TPSA) is 43.1 Å². The van der Waals surface area contributed by atoms with E-state index in [0.29, 0.717) is 5.57 Å². The number of primary amides is 1. The maximum atomic E-state index is 10.4. The molecule has 1 amide bonds. The number of hydrogen-bond acceptors (Lipinski definition) is 1. The number of amides is 1. The molecule has 2 N–H and O–H groups in total. The summed E-state index contributed by atoms with van der Waals surface area (Å²) in [6.45, 7) is 15.0. The molecule has 0 aromatic carbocycles. The van der Waals surface area contributed by atoms with Gasteiger partial charge in [-0.1, -0.05) is 65.5 Å². The second-order valence-corrected chi connectivity index (χ2v) is 2.13. The van der Waals surface area contributed by atoms with Crippen molar-refractivity contribution in [2.75, 3.05) is 0 Å². The van der Waals surface area contributed by atoms with Crippen molar-refractivity contribution in [3.05, 3.63) is 37.0 Å². The van der Waals surface area contributed by atoms with Crippen LogP contribution in [0.2, 0.25) is 0 Å². The summed E-state index contributed by atoms with van der Waals surface area (Å²) >= 11 is 0. The lowest BCUT2D eigenvalue weighted by molar-refractivity contribution is -0.114. The zero-order valence-electron chi connectivity index (χ0n) is 9.84. The lowest BCUT2D eigenvalue weighted by atomic mass is 10.2. The molecule has 0 aliphatic carbocycles. The molecule has 0 fully saturated rings. The lowest BCUT2D eigenvalue weighted by Gasteiger charge is -1.88.